The highest BCUT2D eigenvalue weighted by atomic mass is 16.3. The normalized spacial score (nSPS) is 45.0. The molecule has 2 heteroatoms. The molecule has 0 amide bonds. The van der Waals surface area contributed by atoms with E-state index in [4.69, 9.17) is 5.73 Å². The average molecular weight is 296 g/mol. The van der Waals surface area contributed by atoms with Crippen LogP contribution in [0.4, 0.5) is 0 Å². The highest BCUT2D eigenvalue weighted by Gasteiger charge is 2.57. The smallest absolute Gasteiger partial charge is 0.0748 e. The van der Waals surface area contributed by atoms with E-state index in [1.807, 2.05) is 0 Å². The van der Waals surface area contributed by atoms with Crippen LogP contribution in [0.5, 0.6) is 0 Å². The van der Waals surface area contributed by atoms with Crippen molar-refractivity contribution in [3.8, 4) is 0 Å². The Hall–Kier alpha value is -0.0800. The zero-order valence-electron chi connectivity index (χ0n) is 14.7. The second kappa shape index (κ2) is 6.58. The molecule has 124 valence electrons. The number of rotatable bonds is 4. The Morgan fingerprint density at radius 3 is 2.48 bits per heavy atom. The Kier molecular flexibility index (Phi) is 5.41. The van der Waals surface area contributed by atoms with Crippen LogP contribution in [0.15, 0.2) is 0 Å². The lowest BCUT2D eigenvalue weighted by molar-refractivity contribution is -0.183. The number of aliphatic hydroxyl groups is 1. The van der Waals surface area contributed by atoms with Crippen LogP contribution in [-0.2, 0) is 0 Å². The summed E-state index contributed by atoms with van der Waals surface area (Å²) in [4.78, 5) is 0. The third kappa shape index (κ3) is 3.03. The third-order valence-electron chi connectivity index (χ3n) is 6.88. The Morgan fingerprint density at radius 2 is 1.90 bits per heavy atom. The van der Waals surface area contributed by atoms with E-state index < -0.39 is 5.60 Å². The minimum absolute atomic E-state index is 0.0322. The lowest BCUT2D eigenvalue weighted by atomic mass is 9.50. The fraction of sp³-hybridized carbons (Fsp3) is 1.00. The molecule has 5 atom stereocenters. The van der Waals surface area contributed by atoms with Crippen molar-refractivity contribution in [2.75, 3.05) is 6.54 Å². The van der Waals surface area contributed by atoms with Crippen molar-refractivity contribution < 1.29 is 5.11 Å². The third-order valence-corrected chi connectivity index (χ3v) is 6.88. The largest absolute Gasteiger partial charge is 0.389 e. The van der Waals surface area contributed by atoms with Gasteiger partial charge in [0.15, 0.2) is 0 Å². The molecular formula is C19H37NO. The number of nitrogens with two attached hydrogens (primary N) is 1. The van der Waals surface area contributed by atoms with Crippen molar-refractivity contribution >= 4 is 0 Å². The van der Waals surface area contributed by atoms with E-state index in [-0.39, 0.29) is 5.41 Å². The van der Waals surface area contributed by atoms with Crippen molar-refractivity contribution in [2.24, 2.45) is 34.8 Å². The molecule has 0 spiro atoms. The molecule has 0 bridgehead atoms. The number of hydrogen-bond acceptors (Lipinski definition) is 2. The van der Waals surface area contributed by atoms with E-state index in [0.717, 1.165) is 25.2 Å². The van der Waals surface area contributed by atoms with Crippen LogP contribution in [0.25, 0.3) is 0 Å². The van der Waals surface area contributed by atoms with E-state index in [9.17, 15) is 5.11 Å². The van der Waals surface area contributed by atoms with Gasteiger partial charge in [-0.15, -0.1) is 0 Å². The summed E-state index contributed by atoms with van der Waals surface area (Å²) >= 11 is 0. The summed E-state index contributed by atoms with van der Waals surface area (Å²) in [5, 5.41) is 11.9. The van der Waals surface area contributed by atoms with Crippen molar-refractivity contribution in [3.05, 3.63) is 0 Å². The van der Waals surface area contributed by atoms with Gasteiger partial charge in [-0.1, -0.05) is 53.4 Å². The van der Waals surface area contributed by atoms with Crippen molar-refractivity contribution in [3.63, 3.8) is 0 Å². The SMILES string of the molecule is CCC1CCCC(CN)(C2(O)CC(C)CCC2C(C)C)C1. The van der Waals surface area contributed by atoms with Gasteiger partial charge in [-0.05, 0) is 49.4 Å². The predicted octanol–water partition coefficient (Wildman–Crippen LogP) is 4.36. The van der Waals surface area contributed by atoms with Crippen LogP contribution >= 0.6 is 0 Å². The van der Waals surface area contributed by atoms with E-state index in [1.165, 1.54) is 32.1 Å². The molecule has 2 rings (SSSR count). The molecule has 0 heterocycles. The lowest BCUT2D eigenvalue weighted by Gasteiger charge is -2.58. The molecule has 0 aromatic heterocycles. The van der Waals surface area contributed by atoms with Crippen LogP contribution in [-0.4, -0.2) is 17.3 Å². The van der Waals surface area contributed by atoms with Crippen LogP contribution in [0.2, 0.25) is 0 Å². The highest BCUT2D eigenvalue weighted by Crippen LogP contribution is 2.56. The fourth-order valence-corrected chi connectivity index (χ4v) is 5.57. The van der Waals surface area contributed by atoms with Gasteiger partial charge in [0.2, 0.25) is 0 Å². The second-order valence-electron chi connectivity index (χ2n) is 8.52. The summed E-state index contributed by atoms with van der Waals surface area (Å²) < 4.78 is 0. The van der Waals surface area contributed by atoms with Crippen LogP contribution < -0.4 is 5.73 Å². The molecule has 2 aliphatic carbocycles. The summed E-state index contributed by atoms with van der Waals surface area (Å²) in [6, 6.07) is 0. The Balaban J connectivity index is 2.35. The summed E-state index contributed by atoms with van der Waals surface area (Å²) in [7, 11) is 0. The summed E-state index contributed by atoms with van der Waals surface area (Å²) in [6.45, 7) is 9.85. The Bertz CT molecular complexity index is 342. The van der Waals surface area contributed by atoms with Crippen LogP contribution in [0.3, 0.4) is 0 Å². The molecule has 0 aromatic rings. The van der Waals surface area contributed by atoms with Crippen molar-refractivity contribution in [2.45, 2.75) is 84.7 Å². The first-order chi connectivity index (χ1) is 9.88. The topological polar surface area (TPSA) is 46.2 Å². The van der Waals surface area contributed by atoms with Gasteiger partial charge in [-0.2, -0.15) is 0 Å². The first kappa shape index (κ1) is 17.3. The van der Waals surface area contributed by atoms with Crippen molar-refractivity contribution in [1.29, 1.82) is 0 Å². The van der Waals surface area contributed by atoms with E-state index >= 15 is 0 Å². The maximum absolute atomic E-state index is 11.9. The molecule has 2 fully saturated rings. The second-order valence-corrected chi connectivity index (χ2v) is 8.52. The molecule has 2 nitrogen and oxygen atoms in total. The van der Waals surface area contributed by atoms with Crippen molar-refractivity contribution in [1.82, 2.24) is 0 Å². The van der Waals surface area contributed by atoms with Crippen LogP contribution in [0, 0.1) is 29.1 Å². The lowest BCUT2D eigenvalue weighted by Crippen LogP contribution is -2.61. The molecule has 0 aromatic carbocycles. The first-order valence-electron chi connectivity index (χ1n) is 9.31. The molecule has 21 heavy (non-hydrogen) atoms. The fourth-order valence-electron chi connectivity index (χ4n) is 5.57. The van der Waals surface area contributed by atoms with Gasteiger partial charge in [0.05, 0.1) is 5.60 Å². The van der Waals surface area contributed by atoms with E-state index in [1.54, 1.807) is 0 Å². The number of hydrogen-bond donors (Lipinski definition) is 2. The molecule has 2 aliphatic rings. The van der Waals surface area contributed by atoms with Crippen LogP contribution in [0.1, 0.15) is 79.1 Å². The monoisotopic (exact) mass is 295 g/mol. The minimum atomic E-state index is -0.540. The van der Waals surface area contributed by atoms with Gasteiger partial charge in [-0.25, -0.2) is 0 Å². The molecule has 5 unspecified atom stereocenters. The minimum Gasteiger partial charge on any atom is -0.389 e. The van der Waals surface area contributed by atoms with Gasteiger partial charge in [-0.3, -0.25) is 0 Å². The Morgan fingerprint density at radius 1 is 1.19 bits per heavy atom. The zero-order valence-corrected chi connectivity index (χ0v) is 14.7. The maximum Gasteiger partial charge on any atom is 0.0748 e. The zero-order chi connectivity index (χ0) is 15.7. The Labute approximate surface area is 131 Å². The quantitative estimate of drug-likeness (QED) is 0.809. The van der Waals surface area contributed by atoms with Gasteiger partial charge in [0.25, 0.3) is 0 Å². The molecule has 0 radical (unpaired) electrons. The standard InChI is InChI=1S/C19H37NO/c1-5-16-7-6-10-18(12-16,13-20)19(21)11-15(4)8-9-17(19)14(2)3/h14-17,21H,5-13,20H2,1-4H3. The molecule has 0 aliphatic heterocycles. The maximum atomic E-state index is 11.9. The van der Waals surface area contributed by atoms with Gasteiger partial charge < -0.3 is 10.8 Å². The summed E-state index contributed by atoms with van der Waals surface area (Å²) in [6.07, 6.45) is 9.49. The molecule has 3 N–H and O–H groups in total. The molecular weight excluding hydrogens is 258 g/mol. The molecule has 0 saturated heterocycles. The predicted molar refractivity (Wildman–Crippen MR) is 90.0 cm³/mol. The van der Waals surface area contributed by atoms with Gasteiger partial charge >= 0.3 is 0 Å². The van der Waals surface area contributed by atoms with Gasteiger partial charge in [0.1, 0.15) is 0 Å². The highest BCUT2D eigenvalue weighted by molar-refractivity contribution is 5.08. The average Bonchev–Trinajstić information content (AvgIpc) is 2.46. The molecule has 2 saturated carbocycles. The summed E-state index contributed by atoms with van der Waals surface area (Å²) in [5.74, 6) is 2.37. The van der Waals surface area contributed by atoms with E-state index in [0.29, 0.717) is 24.3 Å². The van der Waals surface area contributed by atoms with Gasteiger partial charge in [0, 0.05) is 12.0 Å². The van der Waals surface area contributed by atoms with E-state index in [2.05, 4.69) is 27.7 Å². The summed E-state index contributed by atoms with van der Waals surface area (Å²) in [5.41, 5.74) is 5.75. The first-order valence-corrected chi connectivity index (χ1v) is 9.31.